The maximum Gasteiger partial charge on any atom is 0.336 e. The zero-order valence-electron chi connectivity index (χ0n) is 11.5. The van der Waals surface area contributed by atoms with E-state index in [-0.39, 0.29) is 17.0 Å². The molecule has 21 heavy (non-hydrogen) atoms. The Labute approximate surface area is 132 Å². The summed E-state index contributed by atoms with van der Waals surface area (Å²) >= 11 is 3.18. The average Bonchev–Trinajstić information content (AvgIpc) is 2.40. The fraction of sp³-hybridized carbons (Fsp3) is 0.357. The van der Waals surface area contributed by atoms with Crippen LogP contribution in [0.15, 0.2) is 21.5 Å². The molecule has 0 aliphatic heterocycles. The van der Waals surface area contributed by atoms with Crippen LogP contribution in [0, 0.1) is 19.3 Å². The van der Waals surface area contributed by atoms with Crippen LogP contribution in [0.25, 0.3) is 0 Å². The fourth-order valence-electron chi connectivity index (χ4n) is 1.67. The van der Waals surface area contributed by atoms with Crippen molar-refractivity contribution in [2.75, 3.05) is 6.54 Å². The molecule has 2 N–H and O–H groups in total. The highest BCUT2D eigenvalue weighted by atomic mass is 79.9. The summed E-state index contributed by atoms with van der Waals surface area (Å²) in [5, 5.41) is 9.10. The molecule has 1 rings (SSSR count). The topological polar surface area (TPSA) is 83.5 Å². The molecule has 0 aliphatic carbocycles. The third-order valence-electron chi connectivity index (χ3n) is 2.90. The summed E-state index contributed by atoms with van der Waals surface area (Å²) in [6, 6.07) is 2.55. The lowest BCUT2D eigenvalue weighted by Crippen LogP contribution is -2.25. The minimum absolute atomic E-state index is 0.0444. The Morgan fingerprint density at radius 2 is 2.10 bits per heavy atom. The molecule has 0 heterocycles. The summed E-state index contributed by atoms with van der Waals surface area (Å²) in [7, 11) is -3.74. The van der Waals surface area contributed by atoms with Gasteiger partial charge in [0.1, 0.15) is 0 Å². The number of carbonyl (C=O) groups is 1. The van der Waals surface area contributed by atoms with Crippen molar-refractivity contribution in [3.8, 4) is 12.3 Å². The number of unbranched alkanes of at least 4 members (excludes halogenated alkanes) is 2. The number of rotatable bonds is 7. The molecule has 7 heteroatoms. The van der Waals surface area contributed by atoms with Crippen molar-refractivity contribution >= 4 is 31.9 Å². The largest absolute Gasteiger partial charge is 0.478 e. The Kier molecular flexibility index (Phi) is 6.40. The molecular formula is C14H16BrNO4S. The number of aromatic carboxylic acids is 1. The van der Waals surface area contributed by atoms with E-state index in [1.54, 1.807) is 6.92 Å². The number of nitrogens with one attached hydrogen (secondary N) is 1. The molecule has 0 amide bonds. The van der Waals surface area contributed by atoms with E-state index in [9.17, 15) is 13.2 Å². The fourth-order valence-corrected chi connectivity index (χ4v) is 3.41. The molecule has 0 atom stereocenters. The number of benzene rings is 1. The summed E-state index contributed by atoms with van der Waals surface area (Å²) in [6.07, 6.45) is 7.07. The molecule has 0 saturated carbocycles. The van der Waals surface area contributed by atoms with Gasteiger partial charge < -0.3 is 5.11 Å². The second-order valence-corrected chi connectivity index (χ2v) is 7.06. The Morgan fingerprint density at radius 1 is 1.43 bits per heavy atom. The maximum atomic E-state index is 12.1. The molecule has 5 nitrogen and oxygen atoms in total. The third-order valence-corrected chi connectivity index (χ3v) is 5.16. The van der Waals surface area contributed by atoms with Crippen molar-refractivity contribution in [1.82, 2.24) is 4.72 Å². The van der Waals surface area contributed by atoms with Gasteiger partial charge in [0.05, 0.1) is 10.5 Å². The Balaban J connectivity index is 2.94. The van der Waals surface area contributed by atoms with E-state index < -0.39 is 16.0 Å². The molecule has 0 aliphatic rings. The van der Waals surface area contributed by atoms with Crippen LogP contribution in [0.3, 0.4) is 0 Å². The first kappa shape index (κ1) is 17.7. The third kappa shape index (κ3) is 4.84. The van der Waals surface area contributed by atoms with Gasteiger partial charge in [0, 0.05) is 17.4 Å². The van der Waals surface area contributed by atoms with Gasteiger partial charge in [-0.05, 0) is 37.5 Å². The normalized spacial score (nSPS) is 11.1. The standard InChI is InChI=1S/C14H16BrNO4S/c1-3-4-5-6-7-16-21(19,20)11-8-12(14(17)18)10(2)13(15)9-11/h1,8-9,16H,4-7H2,2H3,(H,17,18). The van der Waals surface area contributed by atoms with Gasteiger partial charge in [0.15, 0.2) is 0 Å². The van der Waals surface area contributed by atoms with E-state index in [0.29, 0.717) is 22.9 Å². The molecule has 0 unspecified atom stereocenters. The van der Waals surface area contributed by atoms with E-state index in [0.717, 1.165) is 12.5 Å². The highest BCUT2D eigenvalue weighted by molar-refractivity contribution is 9.10. The average molecular weight is 374 g/mol. The number of hydrogen-bond donors (Lipinski definition) is 2. The summed E-state index contributed by atoms with van der Waals surface area (Å²) in [5.74, 6) is 1.31. The summed E-state index contributed by atoms with van der Waals surface area (Å²) < 4.78 is 27.2. The molecule has 0 fully saturated rings. The summed E-state index contributed by atoms with van der Waals surface area (Å²) in [6.45, 7) is 1.87. The van der Waals surface area contributed by atoms with Gasteiger partial charge in [-0.1, -0.05) is 15.9 Å². The van der Waals surface area contributed by atoms with Gasteiger partial charge in [0.2, 0.25) is 10.0 Å². The van der Waals surface area contributed by atoms with Crippen LogP contribution in [-0.4, -0.2) is 26.0 Å². The number of terminal acetylenes is 1. The summed E-state index contributed by atoms with van der Waals surface area (Å²) in [4.78, 5) is 11.1. The highest BCUT2D eigenvalue weighted by Gasteiger charge is 2.19. The molecule has 0 radical (unpaired) electrons. The maximum absolute atomic E-state index is 12.1. The van der Waals surface area contributed by atoms with Crippen LogP contribution in [0.1, 0.15) is 35.2 Å². The predicted octanol–water partition coefficient (Wildman–Crippen LogP) is 2.54. The van der Waals surface area contributed by atoms with E-state index in [1.807, 2.05) is 0 Å². The molecule has 114 valence electrons. The number of carboxylic acids is 1. The van der Waals surface area contributed by atoms with Crippen molar-refractivity contribution < 1.29 is 18.3 Å². The summed E-state index contributed by atoms with van der Waals surface area (Å²) in [5.41, 5.74) is 0.438. The Morgan fingerprint density at radius 3 is 2.67 bits per heavy atom. The minimum Gasteiger partial charge on any atom is -0.478 e. The first-order valence-electron chi connectivity index (χ1n) is 6.26. The van der Waals surface area contributed by atoms with Crippen molar-refractivity contribution in [3.63, 3.8) is 0 Å². The van der Waals surface area contributed by atoms with Crippen LogP contribution >= 0.6 is 15.9 Å². The molecular weight excluding hydrogens is 358 g/mol. The molecule has 1 aromatic carbocycles. The second-order valence-electron chi connectivity index (χ2n) is 4.44. The second kappa shape index (κ2) is 7.59. The van der Waals surface area contributed by atoms with Crippen LogP contribution in [0.4, 0.5) is 0 Å². The van der Waals surface area contributed by atoms with E-state index >= 15 is 0 Å². The first-order chi connectivity index (χ1) is 9.79. The number of carboxylic acid groups (broad SMARTS) is 1. The van der Waals surface area contributed by atoms with Crippen molar-refractivity contribution in [2.45, 2.75) is 31.1 Å². The van der Waals surface area contributed by atoms with Crippen molar-refractivity contribution in [1.29, 1.82) is 0 Å². The number of hydrogen-bond acceptors (Lipinski definition) is 3. The quantitative estimate of drug-likeness (QED) is 0.568. The molecule has 0 saturated heterocycles. The van der Waals surface area contributed by atoms with Gasteiger partial charge in [0.25, 0.3) is 0 Å². The number of halogens is 1. The molecule has 0 bridgehead atoms. The van der Waals surface area contributed by atoms with E-state index in [2.05, 4.69) is 26.6 Å². The lowest BCUT2D eigenvalue weighted by atomic mass is 10.1. The van der Waals surface area contributed by atoms with Crippen LogP contribution in [0.2, 0.25) is 0 Å². The first-order valence-corrected chi connectivity index (χ1v) is 8.53. The van der Waals surface area contributed by atoms with Gasteiger partial charge >= 0.3 is 5.97 Å². The lowest BCUT2D eigenvalue weighted by molar-refractivity contribution is 0.0695. The van der Waals surface area contributed by atoms with E-state index in [1.165, 1.54) is 6.07 Å². The zero-order valence-corrected chi connectivity index (χ0v) is 13.9. The van der Waals surface area contributed by atoms with Crippen molar-refractivity contribution in [3.05, 3.63) is 27.7 Å². The van der Waals surface area contributed by atoms with Gasteiger partial charge in [-0.25, -0.2) is 17.9 Å². The Hall–Kier alpha value is -1.36. The lowest BCUT2D eigenvalue weighted by Gasteiger charge is -2.10. The van der Waals surface area contributed by atoms with Gasteiger partial charge in [-0.3, -0.25) is 0 Å². The minimum atomic E-state index is -3.74. The van der Waals surface area contributed by atoms with Gasteiger partial charge in [-0.2, -0.15) is 0 Å². The van der Waals surface area contributed by atoms with Crippen LogP contribution in [0.5, 0.6) is 0 Å². The van der Waals surface area contributed by atoms with Crippen LogP contribution in [-0.2, 0) is 10.0 Å². The number of sulfonamides is 1. The molecule has 0 spiro atoms. The monoisotopic (exact) mass is 373 g/mol. The molecule has 1 aromatic rings. The predicted molar refractivity (Wildman–Crippen MR) is 83.7 cm³/mol. The highest BCUT2D eigenvalue weighted by Crippen LogP contribution is 2.24. The zero-order chi connectivity index (χ0) is 16.0. The smallest absolute Gasteiger partial charge is 0.336 e. The molecule has 0 aromatic heterocycles. The van der Waals surface area contributed by atoms with Crippen LogP contribution < -0.4 is 4.72 Å². The Bertz CT molecular complexity index is 677. The SMILES string of the molecule is C#CCCCCNS(=O)(=O)c1cc(Br)c(C)c(C(=O)O)c1. The van der Waals surface area contributed by atoms with Gasteiger partial charge in [-0.15, -0.1) is 12.3 Å². The van der Waals surface area contributed by atoms with Crippen molar-refractivity contribution in [2.24, 2.45) is 0 Å². The van der Waals surface area contributed by atoms with E-state index in [4.69, 9.17) is 11.5 Å².